The molecule has 2 aromatic heterocycles. The molecule has 0 aliphatic rings. The number of benzene rings is 1. The Morgan fingerprint density at radius 3 is 2.77 bits per heavy atom. The second-order valence-electron chi connectivity index (χ2n) is 4.76. The average Bonchev–Trinajstić information content (AvgIpc) is 3.23. The standard InChI is InChI=1S/C15H16N4O3/c1-2-3-4-13-17-14(22-19-13)9-20-12-7-5-11(6-8-12)15-18-16-10-21-15/h5-8,10H,2-4,9H2,1H3. The number of aromatic nitrogens is 4. The van der Waals surface area contributed by atoms with Gasteiger partial charge in [0.05, 0.1) is 0 Å². The lowest BCUT2D eigenvalue weighted by molar-refractivity contribution is 0.242. The van der Waals surface area contributed by atoms with Crippen molar-refractivity contribution in [2.45, 2.75) is 32.8 Å². The average molecular weight is 300 g/mol. The quantitative estimate of drug-likeness (QED) is 0.662. The highest BCUT2D eigenvalue weighted by atomic mass is 16.5. The first-order valence-electron chi connectivity index (χ1n) is 7.16. The summed E-state index contributed by atoms with van der Waals surface area (Å²) in [5, 5.41) is 11.4. The van der Waals surface area contributed by atoms with E-state index >= 15 is 0 Å². The summed E-state index contributed by atoms with van der Waals surface area (Å²) in [5.41, 5.74) is 0.837. The summed E-state index contributed by atoms with van der Waals surface area (Å²) in [4.78, 5) is 4.28. The molecule has 22 heavy (non-hydrogen) atoms. The van der Waals surface area contributed by atoms with Crippen LogP contribution in [-0.4, -0.2) is 20.3 Å². The van der Waals surface area contributed by atoms with Crippen LogP contribution in [0.25, 0.3) is 11.5 Å². The number of aryl methyl sites for hydroxylation is 1. The summed E-state index contributed by atoms with van der Waals surface area (Å²) in [6.45, 7) is 2.38. The molecule has 114 valence electrons. The van der Waals surface area contributed by atoms with E-state index in [1.54, 1.807) is 0 Å². The first-order valence-corrected chi connectivity index (χ1v) is 7.16. The van der Waals surface area contributed by atoms with Crippen molar-refractivity contribution in [2.24, 2.45) is 0 Å². The molecule has 0 unspecified atom stereocenters. The van der Waals surface area contributed by atoms with E-state index in [2.05, 4.69) is 27.3 Å². The normalized spacial score (nSPS) is 10.8. The fourth-order valence-electron chi connectivity index (χ4n) is 1.92. The fraction of sp³-hybridized carbons (Fsp3) is 0.333. The molecular weight excluding hydrogens is 284 g/mol. The molecule has 0 atom stereocenters. The van der Waals surface area contributed by atoms with Crippen molar-refractivity contribution in [1.29, 1.82) is 0 Å². The maximum absolute atomic E-state index is 5.62. The van der Waals surface area contributed by atoms with Crippen LogP contribution in [0, 0.1) is 0 Å². The Morgan fingerprint density at radius 2 is 2.05 bits per heavy atom. The first kappa shape index (κ1) is 14.2. The van der Waals surface area contributed by atoms with Gasteiger partial charge in [0.25, 0.3) is 5.89 Å². The van der Waals surface area contributed by atoms with Crippen LogP contribution >= 0.6 is 0 Å². The molecule has 2 heterocycles. The lowest BCUT2D eigenvalue weighted by Crippen LogP contribution is -1.96. The van der Waals surface area contributed by atoms with E-state index in [-0.39, 0.29) is 6.61 Å². The van der Waals surface area contributed by atoms with Crippen LogP contribution in [0.15, 0.2) is 39.6 Å². The minimum absolute atomic E-state index is 0.249. The van der Waals surface area contributed by atoms with Crippen LogP contribution in [0.1, 0.15) is 31.5 Å². The number of hydrogen-bond acceptors (Lipinski definition) is 7. The van der Waals surface area contributed by atoms with Crippen LogP contribution in [0.5, 0.6) is 5.75 Å². The Labute approximate surface area is 127 Å². The second kappa shape index (κ2) is 6.84. The van der Waals surface area contributed by atoms with Crippen molar-refractivity contribution in [3.05, 3.63) is 42.4 Å². The molecular formula is C15H16N4O3. The van der Waals surface area contributed by atoms with Gasteiger partial charge in [0, 0.05) is 12.0 Å². The van der Waals surface area contributed by atoms with Crippen LogP contribution in [-0.2, 0) is 13.0 Å². The molecule has 0 aliphatic carbocycles. The Bertz CT molecular complexity index is 692. The topological polar surface area (TPSA) is 87.1 Å². The summed E-state index contributed by atoms with van der Waals surface area (Å²) >= 11 is 0. The molecule has 3 rings (SSSR count). The lowest BCUT2D eigenvalue weighted by atomic mass is 10.2. The molecule has 0 spiro atoms. The highest BCUT2D eigenvalue weighted by Gasteiger charge is 2.07. The minimum Gasteiger partial charge on any atom is -0.484 e. The van der Waals surface area contributed by atoms with Gasteiger partial charge in [-0.15, -0.1) is 10.2 Å². The van der Waals surface area contributed by atoms with E-state index < -0.39 is 0 Å². The summed E-state index contributed by atoms with van der Waals surface area (Å²) in [6, 6.07) is 7.36. The molecule has 0 amide bonds. The van der Waals surface area contributed by atoms with Crippen LogP contribution in [0.3, 0.4) is 0 Å². The highest BCUT2D eigenvalue weighted by molar-refractivity contribution is 5.53. The van der Waals surface area contributed by atoms with E-state index in [4.69, 9.17) is 13.7 Å². The molecule has 7 heteroatoms. The summed E-state index contributed by atoms with van der Waals surface area (Å²) < 4.78 is 15.9. The predicted octanol–water partition coefficient (Wildman–Crippen LogP) is 3.04. The fourth-order valence-corrected chi connectivity index (χ4v) is 1.92. The first-order chi connectivity index (χ1) is 10.8. The Balaban J connectivity index is 1.56. The Morgan fingerprint density at radius 1 is 1.18 bits per heavy atom. The summed E-state index contributed by atoms with van der Waals surface area (Å²) in [5.74, 6) is 2.39. The molecule has 7 nitrogen and oxygen atoms in total. The maximum Gasteiger partial charge on any atom is 0.264 e. The smallest absolute Gasteiger partial charge is 0.264 e. The molecule has 1 aromatic carbocycles. The summed E-state index contributed by atoms with van der Waals surface area (Å²) in [6.07, 6.45) is 4.29. The number of nitrogens with zero attached hydrogens (tertiary/aromatic N) is 4. The van der Waals surface area contributed by atoms with Gasteiger partial charge in [-0.3, -0.25) is 0 Å². The van der Waals surface area contributed by atoms with E-state index in [1.165, 1.54) is 6.39 Å². The largest absolute Gasteiger partial charge is 0.484 e. The van der Waals surface area contributed by atoms with Crippen molar-refractivity contribution in [3.8, 4) is 17.2 Å². The van der Waals surface area contributed by atoms with Gasteiger partial charge in [-0.2, -0.15) is 4.98 Å². The van der Waals surface area contributed by atoms with E-state index in [0.29, 0.717) is 17.5 Å². The Kier molecular flexibility index (Phi) is 4.43. The number of rotatable bonds is 7. The SMILES string of the molecule is CCCCc1noc(COc2ccc(-c3nnco3)cc2)n1. The van der Waals surface area contributed by atoms with Gasteiger partial charge in [-0.1, -0.05) is 18.5 Å². The third kappa shape index (κ3) is 3.49. The van der Waals surface area contributed by atoms with Gasteiger partial charge in [0.1, 0.15) is 5.75 Å². The molecule has 3 aromatic rings. The van der Waals surface area contributed by atoms with Crippen LogP contribution in [0.4, 0.5) is 0 Å². The zero-order chi connectivity index (χ0) is 15.2. The van der Waals surface area contributed by atoms with Gasteiger partial charge >= 0.3 is 0 Å². The van der Waals surface area contributed by atoms with Crippen molar-refractivity contribution in [3.63, 3.8) is 0 Å². The predicted molar refractivity (Wildman–Crippen MR) is 77.0 cm³/mol. The third-order valence-electron chi connectivity index (χ3n) is 3.09. The lowest BCUT2D eigenvalue weighted by Gasteiger charge is -2.03. The molecule has 0 N–H and O–H groups in total. The van der Waals surface area contributed by atoms with Crippen molar-refractivity contribution < 1.29 is 13.7 Å². The van der Waals surface area contributed by atoms with Crippen molar-refractivity contribution >= 4 is 0 Å². The van der Waals surface area contributed by atoms with Crippen LogP contribution < -0.4 is 4.74 Å². The van der Waals surface area contributed by atoms with Gasteiger partial charge in [-0.05, 0) is 30.7 Å². The zero-order valence-electron chi connectivity index (χ0n) is 12.2. The number of ether oxygens (including phenoxy) is 1. The summed E-state index contributed by atoms with van der Waals surface area (Å²) in [7, 11) is 0. The number of unbranched alkanes of at least 4 members (excludes halogenated alkanes) is 1. The molecule has 0 saturated carbocycles. The monoisotopic (exact) mass is 300 g/mol. The third-order valence-corrected chi connectivity index (χ3v) is 3.09. The van der Waals surface area contributed by atoms with Crippen LogP contribution in [0.2, 0.25) is 0 Å². The molecule has 0 aliphatic heterocycles. The molecule has 0 saturated heterocycles. The zero-order valence-corrected chi connectivity index (χ0v) is 12.2. The van der Waals surface area contributed by atoms with E-state index in [1.807, 2.05) is 24.3 Å². The number of hydrogen-bond donors (Lipinski definition) is 0. The van der Waals surface area contributed by atoms with Gasteiger partial charge in [0.2, 0.25) is 12.3 Å². The van der Waals surface area contributed by atoms with Crippen molar-refractivity contribution in [1.82, 2.24) is 20.3 Å². The Hall–Kier alpha value is -2.70. The van der Waals surface area contributed by atoms with Crippen molar-refractivity contribution in [2.75, 3.05) is 0 Å². The van der Waals surface area contributed by atoms with E-state index in [0.717, 1.165) is 30.7 Å². The van der Waals surface area contributed by atoms with Gasteiger partial charge in [0.15, 0.2) is 12.4 Å². The molecule has 0 radical (unpaired) electrons. The molecule has 0 bridgehead atoms. The highest BCUT2D eigenvalue weighted by Crippen LogP contribution is 2.20. The minimum atomic E-state index is 0.249. The second-order valence-corrected chi connectivity index (χ2v) is 4.76. The van der Waals surface area contributed by atoms with Gasteiger partial charge in [-0.25, -0.2) is 0 Å². The molecule has 0 fully saturated rings. The van der Waals surface area contributed by atoms with E-state index in [9.17, 15) is 0 Å². The van der Waals surface area contributed by atoms with Gasteiger partial charge < -0.3 is 13.7 Å². The maximum atomic E-state index is 5.62.